The third-order valence-corrected chi connectivity index (χ3v) is 7.87. The third-order valence-electron chi connectivity index (χ3n) is 3.92. The number of nitrogens with zero attached hydrogens (tertiary/aromatic N) is 1. The lowest BCUT2D eigenvalue weighted by Crippen LogP contribution is -2.40. The van der Waals surface area contributed by atoms with E-state index in [0.29, 0.717) is 13.2 Å². The number of hydrogen-bond acceptors (Lipinski definition) is 5. The molecule has 3 rings (SSSR count). The first-order valence-corrected chi connectivity index (χ1v) is 11.6. The largest absolute Gasteiger partial charge is 0.379 e. The predicted molar refractivity (Wildman–Crippen MR) is 101 cm³/mol. The fourth-order valence-electron chi connectivity index (χ4n) is 2.50. The van der Waals surface area contributed by atoms with Crippen molar-refractivity contribution in [3.8, 4) is 0 Å². The van der Waals surface area contributed by atoms with E-state index in [0.717, 1.165) is 12.1 Å². The van der Waals surface area contributed by atoms with E-state index in [1.807, 2.05) is 0 Å². The van der Waals surface area contributed by atoms with E-state index in [2.05, 4.69) is 20.7 Å². The molecule has 0 radical (unpaired) electrons. The lowest BCUT2D eigenvalue weighted by atomic mass is 10.3. The Bertz CT molecular complexity index is 1040. The van der Waals surface area contributed by atoms with Gasteiger partial charge in [-0.1, -0.05) is 0 Å². The van der Waals surface area contributed by atoms with Gasteiger partial charge in [0.05, 0.1) is 28.7 Å². The summed E-state index contributed by atoms with van der Waals surface area (Å²) in [6.07, 6.45) is 0. The fraction of sp³-hybridized carbons (Fsp3) is 0.250. The second-order valence-electron chi connectivity index (χ2n) is 5.72. The van der Waals surface area contributed by atoms with Crippen molar-refractivity contribution >= 4 is 41.7 Å². The van der Waals surface area contributed by atoms with Gasteiger partial charge in [0.15, 0.2) is 0 Å². The normalized spacial score (nSPS) is 16.2. The Morgan fingerprint density at radius 2 is 1.56 bits per heavy atom. The predicted octanol–water partition coefficient (Wildman–Crippen LogP) is 2.41. The van der Waals surface area contributed by atoms with E-state index in [1.165, 1.54) is 34.6 Å². The number of ether oxygens (including phenoxy) is 1. The molecule has 1 saturated heterocycles. The van der Waals surface area contributed by atoms with Gasteiger partial charge in [0.25, 0.3) is 10.0 Å². The van der Waals surface area contributed by atoms with Crippen molar-refractivity contribution in [3.05, 3.63) is 52.8 Å². The average molecular weight is 479 g/mol. The molecule has 0 atom stereocenters. The zero-order chi connectivity index (χ0) is 19.7. The maximum Gasteiger partial charge on any atom is 0.261 e. The van der Waals surface area contributed by atoms with Gasteiger partial charge in [-0.05, 0) is 58.4 Å². The van der Waals surface area contributed by atoms with Crippen molar-refractivity contribution in [1.29, 1.82) is 0 Å². The van der Waals surface area contributed by atoms with Crippen LogP contribution >= 0.6 is 15.9 Å². The molecule has 7 nitrogen and oxygen atoms in total. The van der Waals surface area contributed by atoms with E-state index in [4.69, 9.17) is 4.74 Å². The summed E-state index contributed by atoms with van der Waals surface area (Å²) in [5.74, 6) is -0.512. The quantitative estimate of drug-likeness (QED) is 0.711. The van der Waals surface area contributed by atoms with Crippen LogP contribution in [0.2, 0.25) is 0 Å². The van der Waals surface area contributed by atoms with E-state index in [1.54, 1.807) is 0 Å². The molecule has 1 heterocycles. The molecule has 0 spiro atoms. The summed E-state index contributed by atoms with van der Waals surface area (Å²) >= 11 is 3.09. The van der Waals surface area contributed by atoms with Gasteiger partial charge in [-0.15, -0.1) is 0 Å². The first-order valence-electron chi connectivity index (χ1n) is 7.86. The SMILES string of the molecule is O=S(=O)(Nc1ccc(F)cc1Br)c1ccc(S(=O)(=O)N2CCOCC2)cc1. The molecule has 146 valence electrons. The van der Waals surface area contributed by atoms with Crippen molar-refractivity contribution < 1.29 is 26.0 Å². The molecule has 2 aromatic rings. The van der Waals surface area contributed by atoms with E-state index >= 15 is 0 Å². The maximum atomic E-state index is 13.1. The first kappa shape index (κ1) is 20.2. The van der Waals surface area contributed by atoms with Gasteiger partial charge in [0.2, 0.25) is 10.0 Å². The molecule has 2 aromatic carbocycles. The van der Waals surface area contributed by atoms with E-state index in [9.17, 15) is 21.2 Å². The van der Waals surface area contributed by atoms with Crippen LogP contribution in [0.25, 0.3) is 0 Å². The molecule has 0 saturated carbocycles. The zero-order valence-electron chi connectivity index (χ0n) is 13.9. The fourth-order valence-corrected chi connectivity index (χ4v) is 5.57. The lowest BCUT2D eigenvalue weighted by Gasteiger charge is -2.26. The maximum absolute atomic E-state index is 13.1. The number of halogens is 2. The molecule has 1 fully saturated rings. The van der Waals surface area contributed by atoms with E-state index in [-0.39, 0.29) is 33.0 Å². The van der Waals surface area contributed by atoms with E-state index < -0.39 is 25.9 Å². The monoisotopic (exact) mass is 478 g/mol. The highest BCUT2D eigenvalue weighted by molar-refractivity contribution is 9.10. The number of sulfonamides is 2. The number of rotatable bonds is 5. The number of anilines is 1. The summed E-state index contributed by atoms with van der Waals surface area (Å²) in [5, 5.41) is 0. The molecule has 1 aliphatic rings. The molecular formula is C16H16BrFN2O5S2. The van der Waals surface area contributed by atoms with Crippen LogP contribution in [0.4, 0.5) is 10.1 Å². The minimum atomic E-state index is -3.97. The van der Waals surface area contributed by atoms with Gasteiger partial charge in [0, 0.05) is 17.6 Å². The van der Waals surface area contributed by atoms with Crippen molar-refractivity contribution in [3.63, 3.8) is 0 Å². The van der Waals surface area contributed by atoms with Crippen molar-refractivity contribution in [2.75, 3.05) is 31.0 Å². The van der Waals surface area contributed by atoms with Crippen molar-refractivity contribution in [1.82, 2.24) is 4.31 Å². The van der Waals surface area contributed by atoms with Crippen LogP contribution in [0.15, 0.2) is 56.7 Å². The van der Waals surface area contributed by atoms with Crippen molar-refractivity contribution in [2.24, 2.45) is 0 Å². The number of hydrogen-bond donors (Lipinski definition) is 1. The molecule has 27 heavy (non-hydrogen) atoms. The Kier molecular flexibility index (Phi) is 5.87. The highest BCUT2D eigenvalue weighted by Crippen LogP contribution is 2.26. The summed E-state index contributed by atoms with van der Waals surface area (Å²) in [6, 6.07) is 8.48. The second kappa shape index (κ2) is 7.84. The molecule has 1 N–H and O–H groups in total. The van der Waals surface area contributed by atoms with Crippen LogP contribution in [-0.4, -0.2) is 47.4 Å². The van der Waals surface area contributed by atoms with Crippen LogP contribution in [0.1, 0.15) is 0 Å². The summed E-state index contributed by atoms with van der Waals surface area (Å²) in [5.41, 5.74) is 0.168. The first-order chi connectivity index (χ1) is 12.7. The molecule has 0 aromatic heterocycles. The molecule has 0 unspecified atom stereocenters. The molecule has 1 aliphatic heterocycles. The highest BCUT2D eigenvalue weighted by Gasteiger charge is 2.27. The van der Waals surface area contributed by atoms with Gasteiger partial charge in [-0.3, -0.25) is 4.72 Å². The number of nitrogens with one attached hydrogen (secondary N) is 1. The van der Waals surface area contributed by atoms with Gasteiger partial charge in [-0.2, -0.15) is 4.31 Å². The summed E-state index contributed by atoms with van der Waals surface area (Å²) in [7, 11) is -7.67. The summed E-state index contributed by atoms with van der Waals surface area (Å²) < 4.78 is 72.3. The Hall–Kier alpha value is -1.53. The molecule has 11 heteroatoms. The van der Waals surface area contributed by atoms with Crippen LogP contribution < -0.4 is 4.72 Å². The van der Waals surface area contributed by atoms with Gasteiger partial charge < -0.3 is 4.74 Å². The smallest absolute Gasteiger partial charge is 0.261 e. The molecule has 0 amide bonds. The van der Waals surface area contributed by atoms with Crippen LogP contribution in [0.3, 0.4) is 0 Å². The van der Waals surface area contributed by atoms with Gasteiger partial charge in [-0.25, -0.2) is 21.2 Å². The molecule has 0 bridgehead atoms. The number of benzene rings is 2. The average Bonchev–Trinajstić information content (AvgIpc) is 2.65. The van der Waals surface area contributed by atoms with Crippen LogP contribution in [0.5, 0.6) is 0 Å². The zero-order valence-corrected chi connectivity index (χ0v) is 17.1. The Morgan fingerprint density at radius 3 is 2.15 bits per heavy atom. The second-order valence-corrected chi connectivity index (χ2v) is 10.2. The standard InChI is InChI=1S/C16H16BrFN2O5S2/c17-15-11-12(18)1-6-16(15)19-26(21,22)13-2-4-14(5-3-13)27(23,24)20-7-9-25-10-8-20/h1-6,11,19H,7-10H2. The van der Waals surface area contributed by atoms with Crippen molar-refractivity contribution in [2.45, 2.75) is 9.79 Å². The van der Waals surface area contributed by atoms with Gasteiger partial charge in [0.1, 0.15) is 5.82 Å². The Morgan fingerprint density at radius 1 is 0.963 bits per heavy atom. The summed E-state index contributed by atoms with van der Waals surface area (Å²) in [6.45, 7) is 1.15. The van der Waals surface area contributed by atoms with Crippen LogP contribution in [0, 0.1) is 5.82 Å². The molecule has 0 aliphatic carbocycles. The third kappa shape index (κ3) is 4.49. The van der Waals surface area contributed by atoms with Crippen LogP contribution in [-0.2, 0) is 24.8 Å². The van der Waals surface area contributed by atoms with Gasteiger partial charge >= 0.3 is 0 Å². The Balaban J connectivity index is 1.83. The Labute approximate surface area is 165 Å². The molecular weight excluding hydrogens is 463 g/mol. The topological polar surface area (TPSA) is 92.8 Å². The minimum Gasteiger partial charge on any atom is -0.379 e. The highest BCUT2D eigenvalue weighted by atomic mass is 79.9. The lowest BCUT2D eigenvalue weighted by molar-refractivity contribution is 0.0730. The summed E-state index contributed by atoms with van der Waals surface area (Å²) in [4.78, 5) is -0.106. The number of morpholine rings is 1. The minimum absolute atomic E-state index is 0.00585.